The number of benzene rings is 2. The summed E-state index contributed by atoms with van der Waals surface area (Å²) in [5, 5.41) is 4.68. The molecule has 0 amide bonds. The molecule has 6 heteroatoms. The van der Waals surface area contributed by atoms with E-state index in [4.69, 9.17) is 28.2 Å². The highest BCUT2D eigenvalue weighted by Gasteiger charge is 2.22. The standard InChI is InChI=1S/C23H22Cl2N4/c1-23(2,3)14-7-9-15(10-8-14)29-22-21-20(26-13-27-22)12-16(28-21)11-17-18(24)5-4-6-19(17)25/h4-10,13H,11-12H2,1-3H3,(H,26,27,29). The molecule has 0 radical (unpaired) electrons. The van der Waals surface area contributed by atoms with Crippen LogP contribution in [0, 0.1) is 0 Å². The zero-order chi connectivity index (χ0) is 20.6. The minimum absolute atomic E-state index is 0.119. The number of halogens is 2. The van der Waals surface area contributed by atoms with Gasteiger partial charge in [0.2, 0.25) is 0 Å². The fourth-order valence-electron chi connectivity index (χ4n) is 3.34. The van der Waals surface area contributed by atoms with E-state index in [-0.39, 0.29) is 5.41 Å². The molecule has 1 N–H and O–H groups in total. The van der Waals surface area contributed by atoms with E-state index >= 15 is 0 Å². The van der Waals surface area contributed by atoms with Gasteiger partial charge in [0.05, 0.1) is 5.69 Å². The molecular formula is C23H22Cl2N4. The molecule has 0 saturated heterocycles. The van der Waals surface area contributed by atoms with Crippen LogP contribution in [-0.4, -0.2) is 15.7 Å². The van der Waals surface area contributed by atoms with Crippen LogP contribution in [0.25, 0.3) is 0 Å². The number of nitrogens with zero attached hydrogens (tertiary/aromatic N) is 3. The summed E-state index contributed by atoms with van der Waals surface area (Å²) in [6, 6.07) is 13.9. The summed E-state index contributed by atoms with van der Waals surface area (Å²) in [4.78, 5) is 13.6. The Balaban J connectivity index is 1.58. The third kappa shape index (κ3) is 4.29. The van der Waals surface area contributed by atoms with Gasteiger partial charge in [-0.3, -0.25) is 4.99 Å². The highest BCUT2D eigenvalue weighted by atomic mass is 35.5. The van der Waals surface area contributed by atoms with Gasteiger partial charge < -0.3 is 5.32 Å². The van der Waals surface area contributed by atoms with E-state index in [1.54, 1.807) is 6.33 Å². The Morgan fingerprint density at radius 3 is 2.31 bits per heavy atom. The lowest BCUT2D eigenvalue weighted by atomic mass is 9.87. The van der Waals surface area contributed by atoms with Gasteiger partial charge in [-0.05, 0) is 40.8 Å². The maximum absolute atomic E-state index is 6.32. The third-order valence-corrected chi connectivity index (χ3v) is 5.70. The van der Waals surface area contributed by atoms with E-state index < -0.39 is 0 Å². The predicted octanol–water partition coefficient (Wildman–Crippen LogP) is 6.70. The zero-order valence-electron chi connectivity index (χ0n) is 16.6. The summed E-state index contributed by atoms with van der Waals surface area (Å²) in [7, 11) is 0. The first-order chi connectivity index (χ1) is 13.8. The summed E-state index contributed by atoms with van der Waals surface area (Å²) in [5.41, 5.74) is 5.93. The quantitative estimate of drug-likeness (QED) is 0.506. The number of nitrogens with one attached hydrogen (secondary N) is 1. The van der Waals surface area contributed by atoms with Gasteiger partial charge in [0.25, 0.3) is 0 Å². The number of fused-ring (bicyclic) bond motifs is 1. The maximum atomic E-state index is 6.32. The number of anilines is 2. The number of rotatable bonds is 4. The van der Waals surface area contributed by atoms with Crippen molar-refractivity contribution in [2.24, 2.45) is 4.99 Å². The summed E-state index contributed by atoms with van der Waals surface area (Å²) >= 11 is 12.6. The first-order valence-corrected chi connectivity index (χ1v) is 10.3. The van der Waals surface area contributed by atoms with Crippen LogP contribution in [0.15, 0.2) is 53.8 Å². The molecule has 0 aliphatic carbocycles. The van der Waals surface area contributed by atoms with Crippen LogP contribution in [0.3, 0.4) is 0 Å². The van der Waals surface area contributed by atoms with Crippen LogP contribution >= 0.6 is 23.2 Å². The largest absolute Gasteiger partial charge is 0.338 e. The molecule has 0 bridgehead atoms. The highest BCUT2D eigenvalue weighted by molar-refractivity contribution is 6.36. The Kier molecular flexibility index (Phi) is 5.32. The summed E-state index contributed by atoms with van der Waals surface area (Å²) in [6.07, 6.45) is 2.83. The number of aliphatic imine (C=N–C) groups is 1. The van der Waals surface area contributed by atoms with Crippen molar-refractivity contribution in [2.45, 2.75) is 39.0 Å². The second kappa shape index (κ2) is 7.77. The smallest absolute Gasteiger partial charge is 0.160 e. The van der Waals surface area contributed by atoms with Gasteiger partial charge in [-0.15, -0.1) is 0 Å². The molecule has 3 aromatic rings. The number of aromatic nitrogens is 2. The van der Waals surface area contributed by atoms with Crippen molar-refractivity contribution in [3.05, 3.63) is 75.7 Å². The van der Waals surface area contributed by atoms with E-state index in [1.807, 2.05) is 18.2 Å². The maximum Gasteiger partial charge on any atom is 0.160 e. The van der Waals surface area contributed by atoms with Crippen molar-refractivity contribution >= 4 is 46.1 Å². The summed E-state index contributed by atoms with van der Waals surface area (Å²) < 4.78 is 0. The molecule has 148 valence electrons. The molecular weight excluding hydrogens is 403 g/mol. The fourth-order valence-corrected chi connectivity index (χ4v) is 3.87. The van der Waals surface area contributed by atoms with Crippen molar-refractivity contribution < 1.29 is 0 Å². The third-order valence-electron chi connectivity index (χ3n) is 5.00. The first-order valence-electron chi connectivity index (χ1n) is 9.52. The molecule has 1 aromatic heterocycles. The van der Waals surface area contributed by atoms with Crippen LogP contribution in [0.1, 0.15) is 37.6 Å². The Labute approximate surface area is 181 Å². The SMILES string of the molecule is CC(C)(C)c1ccc(Nc2ncnc3c2N=C(Cc2c(Cl)cccc2Cl)C3)cc1. The van der Waals surface area contributed by atoms with Crippen LogP contribution in [-0.2, 0) is 18.3 Å². The van der Waals surface area contributed by atoms with Crippen molar-refractivity contribution in [2.75, 3.05) is 5.32 Å². The lowest BCUT2D eigenvalue weighted by Crippen LogP contribution is -2.10. The molecule has 0 saturated carbocycles. The minimum Gasteiger partial charge on any atom is -0.338 e. The normalized spacial score (nSPS) is 13.2. The van der Waals surface area contributed by atoms with Gasteiger partial charge in [0.15, 0.2) is 5.82 Å². The van der Waals surface area contributed by atoms with Crippen molar-refractivity contribution in [3.63, 3.8) is 0 Å². The van der Waals surface area contributed by atoms with Gasteiger partial charge in [0.1, 0.15) is 12.0 Å². The predicted molar refractivity (Wildman–Crippen MR) is 121 cm³/mol. The van der Waals surface area contributed by atoms with Gasteiger partial charge in [-0.25, -0.2) is 9.97 Å². The Morgan fingerprint density at radius 1 is 0.966 bits per heavy atom. The highest BCUT2D eigenvalue weighted by Crippen LogP contribution is 2.35. The molecule has 4 rings (SSSR count). The van der Waals surface area contributed by atoms with E-state index in [0.717, 1.165) is 28.3 Å². The molecule has 0 unspecified atom stereocenters. The molecule has 2 heterocycles. The molecule has 2 aromatic carbocycles. The van der Waals surface area contributed by atoms with E-state index in [2.05, 4.69) is 60.3 Å². The van der Waals surface area contributed by atoms with E-state index in [1.165, 1.54) is 5.56 Å². The number of hydrogen-bond donors (Lipinski definition) is 1. The second-order valence-corrected chi connectivity index (χ2v) is 9.02. The molecule has 4 nitrogen and oxygen atoms in total. The molecule has 0 spiro atoms. The van der Waals surface area contributed by atoms with Crippen LogP contribution in [0.5, 0.6) is 0 Å². The molecule has 0 fully saturated rings. The Bertz CT molecular complexity index is 1060. The lowest BCUT2D eigenvalue weighted by molar-refractivity contribution is 0.590. The number of hydrogen-bond acceptors (Lipinski definition) is 4. The summed E-state index contributed by atoms with van der Waals surface area (Å²) in [6.45, 7) is 6.61. The fraction of sp³-hybridized carbons (Fsp3) is 0.261. The van der Waals surface area contributed by atoms with E-state index in [0.29, 0.717) is 28.7 Å². The first kappa shape index (κ1) is 19.9. The lowest BCUT2D eigenvalue weighted by Gasteiger charge is -2.19. The van der Waals surface area contributed by atoms with Crippen molar-refractivity contribution in [1.82, 2.24) is 9.97 Å². The molecule has 1 aliphatic rings. The molecule has 29 heavy (non-hydrogen) atoms. The van der Waals surface area contributed by atoms with Gasteiger partial charge in [-0.2, -0.15) is 0 Å². The second-order valence-electron chi connectivity index (χ2n) is 8.20. The topological polar surface area (TPSA) is 50.2 Å². The van der Waals surface area contributed by atoms with E-state index in [9.17, 15) is 0 Å². The summed E-state index contributed by atoms with van der Waals surface area (Å²) in [5.74, 6) is 0.707. The molecule has 0 atom stereocenters. The Hall–Kier alpha value is -2.43. The average Bonchev–Trinajstić information content (AvgIpc) is 3.08. The van der Waals surface area contributed by atoms with Gasteiger partial charge in [-0.1, -0.05) is 62.2 Å². The van der Waals surface area contributed by atoms with Gasteiger partial charge in [0, 0.05) is 34.3 Å². The van der Waals surface area contributed by atoms with Crippen LogP contribution in [0.4, 0.5) is 17.2 Å². The molecule has 1 aliphatic heterocycles. The average molecular weight is 425 g/mol. The van der Waals surface area contributed by atoms with Crippen molar-refractivity contribution in [1.29, 1.82) is 0 Å². The minimum atomic E-state index is 0.119. The van der Waals surface area contributed by atoms with Gasteiger partial charge >= 0.3 is 0 Å². The monoisotopic (exact) mass is 424 g/mol. The van der Waals surface area contributed by atoms with Crippen molar-refractivity contribution in [3.8, 4) is 0 Å². The zero-order valence-corrected chi connectivity index (χ0v) is 18.1. The van der Waals surface area contributed by atoms with Crippen LogP contribution in [0.2, 0.25) is 10.0 Å². The van der Waals surface area contributed by atoms with Crippen LogP contribution < -0.4 is 5.32 Å². The Morgan fingerprint density at radius 2 is 1.66 bits per heavy atom.